The summed E-state index contributed by atoms with van der Waals surface area (Å²) in [6.45, 7) is 7.46. The summed E-state index contributed by atoms with van der Waals surface area (Å²) in [5.74, 6) is -0.495. The molecule has 1 heterocycles. The minimum atomic E-state index is -0.816. The molecule has 0 aromatic carbocycles. The van der Waals surface area contributed by atoms with Gasteiger partial charge in [0, 0.05) is 25.6 Å². The van der Waals surface area contributed by atoms with Crippen molar-refractivity contribution >= 4 is 12.1 Å². The third kappa shape index (κ3) is 5.53. The minimum Gasteiger partial charge on any atom is -0.480 e. The second-order valence-corrected chi connectivity index (χ2v) is 5.34. The molecule has 0 saturated carbocycles. The number of rotatable bonds is 4. The number of likely N-dealkylation sites (tertiary alicyclic amines) is 1. The third-order valence-electron chi connectivity index (χ3n) is 2.33. The van der Waals surface area contributed by atoms with Crippen LogP contribution in [0.2, 0.25) is 0 Å². The van der Waals surface area contributed by atoms with Crippen LogP contribution in [-0.2, 0) is 9.53 Å². The molecule has 0 unspecified atom stereocenters. The van der Waals surface area contributed by atoms with E-state index in [1.54, 1.807) is 0 Å². The van der Waals surface area contributed by atoms with Gasteiger partial charge in [-0.25, -0.2) is 4.79 Å². The van der Waals surface area contributed by atoms with Gasteiger partial charge in [0.2, 0.25) is 0 Å². The first-order valence-electron chi connectivity index (χ1n) is 5.67. The van der Waals surface area contributed by atoms with Crippen LogP contribution in [-0.4, -0.2) is 53.8 Å². The lowest BCUT2D eigenvalue weighted by molar-refractivity contribution is -0.140. The predicted octanol–water partition coefficient (Wildman–Crippen LogP) is 0.527. The highest BCUT2D eigenvalue weighted by Crippen LogP contribution is 2.14. The van der Waals surface area contributed by atoms with Crippen LogP contribution in [0.15, 0.2) is 0 Å². The molecular weight excluding hydrogens is 224 g/mol. The average Bonchev–Trinajstić information content (AvgIpc) is 2.04. The number of nitrogens with zero attached hydrogens (tertiary/aromatic N) is 1. The average molecular weight is 244 g/mol. The Morgan fingerprint density at radius 1 is 1.41 bits per heavy atom. The van der Waals surface area contributed by atoms with Crippen molar-refractivity contribution < 1.29 is 19.4 Å². The van der Waals surface area contributed by atoms with E-state index in [9.17, 15) is 9.59 Å². The number of alkyl carbamates (subject to hydrolysis) is 1. The van der Waals surface area contributed by atoms with Gasteiger partial charge in [-0.1, -0.05) is 0 Å². The Bertz CT molecular complexity index is 292. The number of ether oxygens (including phenoxy) is 1. The molecule has 1 saturated heterocycles. The second kappa shape index (κ2) is 5.35. The highest BCUT2D eigenvalue weighted by atomic mass is 16.6. The fourth-order valence-electron chi connectivity index (χ4n) is 1.67. The quantitative estimate of drug-likeness (QED) is 0.754. The Labute approximate surface area is 101 Å². The molecule has 0 aromatic heterocycles. The van der Waals surface area contributed by atoms with Gasteiger partial charge in [0.15, 0.2) is 0 Å². The van der Waals surface area contributed by atoms with Crippen molar-refractivity contribution in [3.05, 3.63) is 0 Å². The normalized spacial score (nSPS) is 17.4. The SMILES string of the molecule is CC(C)(C)OC(=O)NCC1CN(CC(=O)O)C1. The van der Waals surface area contributed by atoms with E-state index in [2.05, 4.69) is 5.32 Å². The molecule has 1 aliphatic heterocycles. The maximum Gasteiger partial charge on any atom is 0.407 e. The highest BCUT2D eigenvalue weighted by molar-refractivity contribution is 5.69. The summed E-state index contributed by atoms with van der Waals surface area (Å²) in [6.07, 6.45) is -0.422. The van der Waals surface area contributed by atoms with Crippen molar-refractivity contribution in [3.63, 3.8) is 0 Å². The zero-order valence-electron chi connectivity index (χ0n) is 10.5. The van der Waals surface area contributed by atoms with Crippen LogP contribution in [0, 0.1) is 5.92 Å². The zero-order valence-corrected chi connectivity index (χ0v) is 10.5. The largest absolute Gasteiger partial charge is 0.480 e. The van der Waals surface area contributed by atoms with Gasteiger partial charge < -0.3 is 15.2 Å². The number of hydrogen-bond acceptors (Lipinski definition) is 4. The summed E-state index contributed by atoms with van der Waals surface area (Å²) in [7, 11) is 0. The highest BCUT2D eigenvalue weighted by Gasteiger charge is 2.28. The molecule has 6 nitrogen and oxygen atoms in total. The van der Waals surface area contributed by atoms with E-state index in [0.717, 1.165) is 0 Å². The minimum absolute atomic E-state index is 0.0724. The molecule has 0 radical (unpaired) electrons. The monoisotopic (exact) mass is 244 g/mol. The molecule has 1 fully saturated rings. The van der Waals surface area contributed by atoms with Crippen LogP contribution >= 0.6 is 0 Å². The van der Waals surface area contributed by atoms with Crippen molar-refractivity contribution in [1.29, 1.82) is 0 Å². The Morgan fingerprint density at radius 2 is 2.00 bits per heavy atom. The molecule has 6 heteroatoms. The van der Waals surface area contributed by atoms with Crippen molar-refractivity contribution in [2.75, 3.05) is 26.2 Å². The van der Waals surface area contributed by atoms with Crippen molar-refractivity contribution in [3.8, 4) is 0 Å². The molecule has 1 amide bonds. The van der Waals surface area contributed by atoms with Crippen LogP contribution < -0.4 is 5.32 Å². The number of amides is 1. The van der Waals surface area contributed by atoms with E-state index in [1.165, 1.54) is 0 Å². The molecule has 2 N–H and O–H groups in total. The molecule has 0 aromatic rings. The number of carboxylic acid groups (broad SMARTS) is 1. The topological polar surface area (TPSA) is 78.9 Å². The van der Waals surface area contributed by atoms with Gasteiger partial charge in [0.1, 0.15) is 5.60 Å². The number of nitrogens with one attached hydrogen (secondary N) is 1. The molecule has 1 rings (SSSR count). The first-order valence-corrected chi connectivity index (χ1v) is 5.67. The lowest BCUT2D eigenvalue weighted by Crippen LogP contribution is -2.53. The van der Waals surface area contributed by atoms with Crippen LogP contribution in [0.5, 0.6) is 0 Å². The van der Waals surface area contributed by atoms with Gasteiger partial charge in [-0.15, -0.1) is 0 Å². The fraction of sp³-hybridized carbons (Fsp3) is 0.818. The first kappa shape index (κ1) is 13.8. The Kier molecular flexibility index (Phi) is 4.34. The first-order chi connectivity index (χ1) is 7.76. The van der Waals surface area contributed by atoms with E-state index < -0.39 is 17.7 Å². The smallest absolute Gasteiger partial charge is 0.407 e. The lowest BCUT2D eigenvalue weighted by atomic mass is 10.0. The molecule has 98 valence electrons. The van der Waals surface area contributed by atoms with E-state index >= 15 is 0 Å². The van der Waals surface area contributed by atoms with Gasteiger partial charge in [-0.05, 0) is 20.8 Å². The van der Waals surface area contributed by atoms with Crippen molar-refractivity contribution in [2.24, 2.45) is 5.92 Å². The molecule has 17 heavy (non-hydrogen) atoms. The van der Waals surface area contributed by atoms with E-state index in [-0.39, 0.29) is 6.54 Å². The summed E-state index contributed by atoms with van der Waals surface area (Å²) in [4.78, 5) is 23.5. The fourth-order valence-corrected chi connectivity index (χ4v) is 1.67. The van der Waals surface area contributed by atoms with Crippen LogP contribution in [0.3, 0.4) is 0 Å². The predicted molar refractivity (Wildman–Crippen MR) is 61.8 cm³/mol. The Morgan fingerprint density at radius 3 is 2.47 bits per heavy atom. The number of carbonyl (C=O) groups excluding carboxylic acids is 1. The van der Waals surface area contributed by atoms with Crippen molar-refractivity contribution in [2.45, 2.75) is 26.4 Å². The zero-order chi connectivity index (χ0) is 13.1. The number of aliphatic carboxylic acids is 1. The maximum atomic E-state index is 11.3. The Hall–Kier alpha value is -1.30. The number of hydrogen-bond donors (Lipinski definition) is 2. The van der Waals surface area contributed by atoms with Crippen LogP contribution in [0.25, 0.3) is 0 Å². The standard InChI is InChI=1S/C11H20N2O4/c1-11(2,3)17-10(16)12-4-8-5-13(6-8)7-9(14)15/h8H,4-7H2,1-3H3,(H,12,16)(H,14,15). The van der Waals surface area contributed by atoms with Gasteiger partial charge in [-0.2, -0.15) is 0 Å². The molecule has 1 aliphatic rings. The summed E-state index contributed by atoms with van der Waals surface area (Å²) in [5.41, 5.74) is -0.487. The van der Waals surface area contributed by atoms with Gasteiger partial charge in [0.25, 0.3) is 0 Å². The number of carbonyl (C=O) groups is 2. The lowest BCUT2D eigenvalue weighted by Gasteiger charge is -2.38. The van der Waals surface area contributed by atoms with E-state index in [1.807, 2.05) is 25.7 Å². The summed E-state index contributed by atoms with van der Waals surface area (Å²) in [6, 6.07) is 0. The van der Waals surface area contributed by atoms with Crippen LogP contribution in [0.4, 0.5) is 4.79 Å². The maximum absolute atomic E-state index is 11.3. The molecule has 0 aliphatic carbocycles. The molecular formula is C11H20N2O4. The van der Waals surface area contributed by atoms with Gasteiger partial charge in [-0.3, -0.25) is 9.69 Å². The molecule has 0 atom stereocenters. The van der Waals surface area contributed by atoms with Gasteiger partial charge >= 0.3 is 12.1 Å². The van der Waals surface area contributed by atoms with Gasteiger partial charge in [0.05, 0.1) is 6.54 Å². The summed E-state index contributed by atoms with van der Waals surface area (Å²) >= 11 is 0. The third-order valence-corrected chi connectivity index (χ3v) is 2.33. The van der Waals surface area contributed by atoms with Crippen molar-refractivity contribution in [1.82, 2.24) is 10.2 Å². The molecule has 0 bridgehead atoms. The summed E-state index contributed by atoms with van der Waals surface area (Å²) in [5, 5.41) is 11.2. The second-order valence-electron chi connectivity index (χ2n) is 5.34. The number of carboxylic acids is 1. The summed E-state index contributed by atoms with van der Waals surface area (Å²) < 4.78 is 5.09. The van der Waals surface area contributed by atoms with E-state index in [0.29, 0.717) is 25.6 Å². The molecule has 0 spiro atoms. The van der Waals surface area contributed by atoms with Crippen LogP contribution in [0.1, 0.15) is 20.8 Å². The van der Waals surface area contributed by atoms with E-state index in [4.69, 9.17) is 9.84 Å². The Balaban J connectivity index is 2.10.